The summed E-state index contributed by atoms with van der Waals surface area (Å²) in [6.45, 7) is 7.81. The van der Waals surface area contributed by atoms with Gasteiger partial charge in [-0.05, 0) is 55.2 Å². The summed E-state index contributed by atoms with van der Waals surface area (Å²) in [4.78, 5) is 15.2. The van der Waals surface area contributed by atoms with Crippen molar-refractivity contribution in [1.82, 2.24) is 9.21 Å². The molecule has 0 saturated carbocycles. The van der Waals surface area contributed by atoms with Crippen LogP contribution in [0.1, 0.15) is 38.7 Å². The first-order valence-electron chi connectivity index (χ1n) is 10.6. The molecule has 0 radical (unpaired) electrons. The van der Waals surface area contributed by atoms with E-state index in [1.807, 2.05) is 30.0 Å². The summed E-state index contributed by atoms with van der Waals surface area (Å²) in [5.74, 6) is 0.276. The molecule has 1 heterocycles. The summed E-state index contributed by atoms with van der Waals surface area (Å²) in [6, 6.07) is 13.7. The van der Waals surface area contributed by atoms with Crippen molar-refractivity contribution in [3.63, 3.8) is 0 Å². The third kappa shape index (κ3) is 5.47. The van der Waals surface area contributed by atoms with E-state index in [-0.39, 0.29) is 16.8 Å². The maximum atomic E-state index is 12.9. The minimum absolute atomic E-state index is 0.0789. The minimum Gasteiger partial charge on any atom is -0.324 e. The molecule has 0 aliphatic carbocycles. The Morgan fingerprint density at radius 1 is 1.03 bits per heavy atom. The molecule has 0 unspecified atom stereocenters. The second kappa shape index (κ2) is 10.1. The standard InChI is InChI=1S/C23H30ClN3O3S/c1-4-17(2)21-7-5-6-8-22(21)25-23(28)18(3)26-13-15-27(16-14-26)31(29,30)20-11-9-19(24)10-12-20/h5-12,17-18H,4,13-16H2,1-3H3,(H,25,28)/t17-,18+/m0/s1. The van der Waals surface area contributed by atoms with Gasteiger partial charge in [-0.1, -0.05) is 43.6 Å². The highest BCUT2D eigenvalue weighted by atomic mass is 35.5. The van der Waals surface area contributed by atoms with Crippen LogP contribution in [0.2, 0.25) is 5.02 Å². The van der Waals surface area contributed by atoms with Crippen molar-refractivity contribution in [1.29, 1.82) is 0 Å². The van der Waals surface area contributed by atoms with Gasteiger partial charge in [-0.2, -0.15) is 4.31 Å². The normalized spacial score (nSPS) is 17.8. The molecule has 31 heavy (non-hydrogen) atoms. The van der Waals surface area contributed by atoms with Gasteiger partial charge in [0.25, 0.3) is 0 Å². The monoisotopic (exact) mass is 463 g/mol. The molecule has 1 saturated heterocycles. The lowest BCUT2D eigenvalue weighted by Gasteiger charge is -2.36. The number of carbonyl (C=O) groups is 1. The largest absolute Gasteiger partial charge is 0.324 e. The van der Waals surface area contributed by atoms with Crippen LogP contribution in [0.15, 0.2) is 53.4 Å². The molecule has 3 rings (SSSR count). The van der Waals surface area contributed by atoms with E-state index < -0.39 is 10.0 Å². The number of nitrogens with zero attached hydrogens (tertiary/aromatic N) is 2. The molecule has 2 aromatic carbocycles. The van der Waals surface area contributed by atoms with Crippen molar-refractivity contribution < 1.29 is 13.2 Å². The summed E-state index contributed by atoms with van der Waals surface area (Å²) in [5.41, 5.74) is 1.97. The lowest BCUT2D eigenvalue weighted by Crippen LogP contribution is -2.53. The maximum absolute atomic E-state index is 12.9. The van der Waals surface area contributed by atoms with E-state index in [1.165, 1.54) is 16.4 Å². The number of sulfonamides is 1. The van der Waals surface area contributed by atoms with Crippen LogP contribution in [-0.2, 0) is 14.8 Å². The number of hydrogen-bond donors (Lipinski definition) is 1. The van der Waals surface area contributed by atoms with Crippen LogP contribution >= 0.6 is 11.6 Å². The van der Waals surface area contributed by atoms with E-state index in [2.05, 4.69) is 25.2 Å². The average molecular weight is 464 g/mol. The maximum Gasteiger partial charge on any atom is 0.243 e. The number of hydrogen-bond acceptors (Lipinski definition) is 4. The molecule has 1 amide bonds. The van der Waals surface area contributed by atoms with Gasteiger partial charge in [0.2, 0.25) is 15.9 Å². The number of para-hydroxylation sites is 1. The van der Waals surface area contributed by atoms with Gasteiger partial charge in [0, 0.05) is 36.9 Å². The van der Waals surface area contributed by atoms with Crippen LogP contribution in [0.4, 0.5) is 5.69 Å². The third-order valence-electron chi connectivity index (χ3n) is 6.01. The van der Waals surface area contributed by atoms with Gasteiger partial charge in [0.05, 0.1) is 10.9 Å². The fourth-order valence-electron chi connectivity index (χ4n) is 3.75. The number of halogens is 1. The van der Waals surface area contributed by atoms with Crippen molar-refractivity contribution in [3.05, 3.63) is 59.1 Å². The molecular weight excluding hydrogens is 434 g/mol. The Morgan fingerprint density at radius 3 is 2.26 bits per heavy atom. The molecule has 6 nitrogen and oxygen atoms in total. The van der Waals surface area contributed by atoms with E-state index in [9.17, 15) is 13.2 Å². The van der Waals surface area contributed by atoms with E-state index in [4.69, 9.17) is 11.6 Å². The second-order valence-corrected chi connectivity index (χ2v) is 10.3. The highest BCUT2D eigenvalue weighted by molar-refractivity contribution is 7.89. The average Bonchev–Trinajstić information content (AvgIpc) is 2.78. The lowest BCUT2D eigenvalue weighted by molar-refractivity contribution is -0.121. The molecule has 1 fully saturated rings. The summed E-state index contributed by atoms with van der Waals surface area (Å²) < 4.78 is 27.2. The Morgan fingerprint density at radius 2 is 1.65 bits per heavy atom. The van der Waals surface area contributed by atoms with Crippen LogP contribution in [0.3, 0.4) is 0 Å². The van der Waals surface area contributed by atoms with Crippen LogP contribution in [-0.4, -0.2) is 55.8 Å². The molecule has 1 aliphatic heterocycles. The predicted molar refractivity (Wildman–Crippen MR) is 125 cm³/mol. The fourth-order valence-corrected chi connectivity index (χ4v) is 5.30. The van der Waals surface area contributed by atoms with E-state index in [0.29, 0.717) is 37.1 Å². The van der Waals surface area contributed by atoms with Gasteiger partial charge < -0.3 is 5.32 Å². The Kier molecular flexibility index (Phi) is 7.75. The molecule has 0 bridgehead atoms. The highest BCUT2D eigenvalue weighted by Gasteiger charge is 2.32. The van der Waals surface area contributed by atoms with Gasteiger partial charge in [-0.15, -0.1) is 0 Å². The highest BCUT2D eigenvalue weighted by Crippen LogP contribution is 2.27. The summed E-state index contributed by atoms with van der Waals surface area (Å²) in [5, 5.41) is 3.57. The van der Waals surface area contributed by atoms with Crippen LogP contribution in [0.5, 0.6) is 0 Å². The number of anilines is 1. The molecule has 1 N–H and O–H groups in total. The van der Waals surface area contributed by atoms with Gasteiger partial charge in [0.15, 0.2) is 0 Å². The Bertz CT molecular complexity index is 1000. The van der Waals surface area contributed by atoms with Gasteiger partial charge >= 0.3 is 0 Å². The van der Waals surface area contributed by atoms with Crippen LogP contribution < -0.4 is 5.32 Å². The minimum atomic E-state index is -3.57. The van der Waals surface area contributed by atoms with E-state index >= 15 is 0 Å². The number of rotatable bonds is 7. The van der Waals surface area contributed by atoms with E-state index in [1.54, 1.807) is 12.1 Å². The SMILES string of the molecule is CC[C@H](C)c1ccccc1NC(=O)[C@@H](C)N1CCN(S(=O)(=O)c2ccc(Cl)cc2)CC1. The number of nitrogens with one attached hydrogen (secondary N) is 1. The zero-order chi connectivity index (χ0) is 22.6. The first-order valence-corrected chi connectivity index (χ1v) is 12.5. The molecule has 2 atom stereocenters. The molecule has 8 heteroatoms. The summed E-state index contributed by atoms with van der Waals surface area (Å²) in [6.07, 6.45) is 0.993. The van der Waals surface area contributed by atoms with Crippen molar-refractivity contribution >= 4 is 33.2 Å². The Balaban J connectivity index is 1.62. The predicted octanol–water partition coefficient (Wildman–Crippen LogP) is 4.19. The van der Waals surface area contributed by atoms with Gasteiger partial charge in [0.1, 0.15) is 0 Å². The van der Waals surface area contributed by atoms with Gasteiger partial charge in [-0.3, -0.25) is 9.69 Å². The summed E-state index contributed by atoms with van der Waals surface area (Å²) in [7, 11) is -3.57. The van der Waals surface area contributed by atoms with Crippen LogP contribution in [0.25, 0.3) is 0 Å². The molecular formula is C23H30ClN3O3S. The number of amides is 1. The van der Waals surface area contributed by atoms with Crippen molar-refractivity contribution in [3.8, 4) is 0 Å². The first-order chi connectivity index (χ1) is 14.7. The smallest absolute Gasteiger partial charge is 0.243 e. The van der Waals surface area contributed by atoms with Crippen molar-refractivity contribution in [2.24, 2.45) is 0 Å². The lowest BCUT2D eigenvalue weighted by atomic mass is 9.97. The number of carbonyl (C=O) groups excluding carboxylic acids is 1. The zero-order valence-electron chi connectivity index (χ0n) is 18.2. The third-order valence-corrected chi connectivity index (χ3v) is 8.18. The first kappa shape index (κ1) is 23.7. The zero-order valence-corrected chi connectivity index (χ0v) is 19.8. The van der Waals surface area contributed by atoms with E-state index in [0.717, 1.165) is 17.7 Å². The molecule has 168 valence electrons. The number of piperazine rings is 1. The molecule has 1 aliphatic rings. The summed E-state index contributed by atoms with van der Waals surface area (Å²) >= 11 is 5.87. The topological polar surface area (TPSA) is 69.7 Å². The molecule has 2 aromatic rings. The van der Waals surface area contributed by atoms with Gasteiger partial charge in [-0.25, -0.2) is 8.42 Å². The van der Waals surface area contributed by atoms with Crippen LogP contribution in [0, 0.1) is 0 Å². The fraction of sp³-hybridized carbons (Fsp3) is 0.435. The Hall–Kier alpha value is -1.93. The van der Waals surface area contributed by atoms with Crippen molar-refractivity contribution in [2.75, 3.05) is 31.5 Å². The quantitative estimate of drug-likeness (QED) is 0.668. The Labute approximate surface area is 190 Å². The second-order valence-electron chi connectivity index (χ2n) is 7.96. The number of benzene rings is 2. The van der Waals surface area contributed by atoms with Crippen molar-refractivity contribution in [2.45, 2.75) is 44.0 Å². The molecule has 0 aromatic heterocycles. The molecule has 0 spiro atoms.